The van der Waals surface area contributed by atoms with E-state index >= 15 is 0 Å². The van der Waals surface area contributed by atoms with Crippen LogP contribution in [0.1, 0.15) is 22.8 Å². The molecule has 0 atom stereocenters. The van der Waals surface area contributed by atoms with E-state index in [0.29, 0.717) is 11.1 Å². The Bertz CT molecular complexity index is 1100. The summed E-state index contributed by atoms with van der Waals surface area (Å²) in [7, 11) is 0. The van der Waals surface area contributed by atoms with E-state index in [1.807, 2.05) is 0 Å². The number of rotatable bonds is 6. The van der Waals surface area contributed by atoms with E-state index in [4.69, 9.17) is 0 Å². The molecule has 3 rings (SSSR count). The number of anilines is 2. The number of nitrogens with zero attached hydrogens (tertiary/aromatic N) is 1. The lowest BCUT2D eigenvalue weighted by Gasteiger charge is -2.11. The highest BCUT2D eigenvalue weighted by molar-refractivity contribution is 7.98. The number of carbonyl (C=O) groups excluding carboxylic acids is 2. The van der Waals surface area contributed by atoms with Crippen LogP contribution in [0.15, 0.2) is 64.5 Å². The van der Waals surface area contributed by atoms with E-state index in [-0.39, 0.29) is 28.2 Å². The summed E-state index contributed by atoms with van der Waals surface area (Å²) in [5.74, 6) is -1.19. The molecule has 1 aromatic heterocycles. The molecular weight excluding hydrogens is 395 g/mol. The molecule has 0 aliphatic heterocycles. The molecule has 0 spiro atoms. The van der Waals surface area contributed by atoms with Crippen molar-refractivity contribution in [1.82, 2.24) is 9.97 Å². The fourth-order valence-corrected chi connectivity index (χ4v) is 3.28. The van der Waals surface area contributed by atoms with Gasteiger partial charge in [-0.2, -0.15) is 0 Å². The van der Waals surface area contributed by atoms with E-state index in [1.165, 1.54) is 13.0 Å². The van der Waals surface area contributed by atoms with Crippen molar-refractivity contribution in [2.75, 3.05) is 10.6 Å². The Morgan fingerprint density at radius 2 is 1.76 bits per heavy atom. The zero-order chi connectivity index (χ0) is 20.8. The number of amides is 2. The SMILES string of the molecule is CC(=O)Nc1nc(SCc2ccccc2F)[nH]c(=O)c1NC(=O)c1ccccc1. The van der Waals surface area contributed by atoms with Crippen molar-refractivity contribution >= 4 is 35.1 Å². The molecule has 0 bridgehead atoms. The first-order chi connectivity index (χ1) is 13.9. The predicted octanol–water partition coefficient (Wildman–Crippen LogP) is 3.41. The molecule has 0 aliphatic carbocycles. The molecule has 0 radical (unpaired) electrons. The molecule has 0 fully saturated rings. The highest BCUT2D eigenvalue weighted by atomic mass is 32.2. The summed E-state index contributed by atoms with van der Waals surface area (Å²) in [6.07, 6.45) is 0. The molecule has 7 nitrogen and oxygen atoms in total. The number of thioether (sulfide) groups is 1. The van der Waals surface area contributed by atoms with Crippen LogP contribution in [0.5, 0.6) is 0 Å². The van der Waals surface area contributed by atoms with Gasteiger partial charge in [0.1, 0.15) is 5.82 Å². The third kappa shape index (κ3) is 5.29. The second-order valence-corrected chi connectivity index (χ2v) is 6.94. The average Bonchev–Trinajstić information content (AvgIpc) is 2.70. The summed E-state index contributed by atoms with van der Waals surface area (Å²) in [6.45, 7) is 1.26. The van der Waals surface area contributed by atoms with E-state index in [9.17, 15) is 18.8 Å². The first-order valence-electron chi connectivity index (χ1n) is 8.58. The number of aromatic amines is 1. The van der Waals surface area contributed by atoms with E-state index < -0.39 is 17.4 Å². The minimum Gasteiger partial charge on any atom is -0.314 e. The average molecular weight is 412 g/mol. The fourth-order valence-electron chi connectivity index (χ4n) is 2.43. The third-order valence-electron chi connectivity index (χ3n) is 3.79. The molecule has 2 amide bonds. The van der Waals surface area contributed by atoms with Gasteiger partial charge in [0, 0.05) is 18.2 Å². The zero-order valence-corrected chi connectivity index (χ0v) is 16.2. The van der Waals surface area contributed by atoms with Gasteiger partial charge in [-0.25, -0.2) is 9.37 Å². The number of hydrogen-bond donors (Lipinski definition) is 3. The molecule has 2 aromatic carbocycles. The van der Waals surface area contributed by atoms with Gasteiger partial charge in [-0.1, -0.05) is 48.2 Å². The quantitative estimate of drug-likeness (QED) is 0.425. The van der Waals surface area contributed by atoms with Gasteiger partial charge < -0.3 is 10.6 Å². The van der Waals surface area contributed by atoms with Crippen molar-refractivity contribution in [3.8, 4) is 0 Å². The van der Waals surface area contributed by atoms with Crippen molar-refractivity contribution < 1.29 is 14.0 Å². The monoisotopic (exact) mass is 412 g/mol. The van der Waals surface area contributed by atoms with Gasteiger partial charge in [-0.05, 0) is 23.8 Å². The Labute approximate surface area is 169 Å². The van der Waals surface area contributed by atoms with Crippen LogP contribution in [0.25, 0.3) is 0 Å². The Balaban J connectivity index is 1.87. The summed E-state index contributed by atoms with van der Waals surface area (Å²) in [5, 5.41) is 5.11. The van der Waals surface area contributed by atoms with Gasteiger partial charge in [0.05, 0.1) is 0 Å². The normalized spacial score (nSPS) is 10.4. The zero-order valence-electron chi connectivity index (χ0n) is 15.4. The largest absolute Gasteiger partial charge is 0.314 e. The Hall–Kier alpha value is -3.46. The standard InChI is InChI=1S/C20H17FN4O3S/c1-12(26)22-17-16(23-18(27)13-7-3-2-4-8-13)19(28)25-20(24-17)29-11-14-9-5-6-10-15(14)21/h2-10H,11H2,1H3,(H,23,27)(H2,22,24,25,26,28). The maximum absolute atomic E-state index is 13.8. The molecule has 1 heterocycles. The van der Waals surface area contributed by atoms with Crippen LogP contribution in [-0.4, -0.2) is 21.8 Å². The van der Waals surface area contributed by atoms with Crippen LogP contribution in [-0.2, 0) is 10.5 Å². The number of benzene rings is 2. The molecule has 148 valence electrons. The predicted molar refractivity (Wildman–Crippen MR) is 110 cm³/mol. The number of H-pyrrole nitrogens is 1. The van der Waals surface area contributed by atoms with E-state index in [2.05, 4.69) is 20.6 Å². The summed E-state index contributed by atoms with van der Waals surface area (Å²) in [4.78, 5) is 43.2. The molecule has 0 saturated carbocycles. The molecule has 0 aliphatic rings. The summed E-state index contributed by atoms with van der Waals surface area (Å²) in [5.41, 5.74) is -0.0188. The van der Waals surface area contributed by atoms with Crippen LogP contribution in [0, 0.1) is 5.82 Å². The molecule has 3 aromatic rings. The Morgan fingerprint density at radius 1 is 1.07 bits per heavy atom. The van der Waals surface area contributed by atoms with Crippen LogP contribution in [0.3, 0.4) is 0 Å². The van der Waals surface area contributed by atoms with Crippen LogP contribution in [0.4, 0.5) is 15.9 Å². The van der Waals surface area contributed by atoms with Gasteiger partial charge in [0.25, 0.3) is 11.5 Å². The maximum atomic E-state index is 13.8. The van der Waals surface area contributed by atoms with E-state index in [1.54, 1.807) is 48.5 Å². The van der Waals surface area contributed by atoms with Gasteiger partial charge in [0.15, 0.2) is 16.7 Å². The van der Waals surface area contributed by atoms with Gasteiger partial charge in [-0.15, -0.1) is 0 Å². The Kier molecular flexibility index (Phi) is 6.40. The molecular formula is C20H17FN4O3S. The lowest BCUT2D eigenvalue weighted by atomic mass is 10.2. The first-order valence-corrected chi connectivity index (χ1v) is 9.57. The van der Waals surface area contributed by atoms with Gasteiger partial charge in [-0.3, -0.25) is 19.4 Å². The number of halogens is 1. The molecule has 0 unspecified atom stereocenters. The van der Waals surface area contributed by atoms with Crippen molar-refractivity contribution in [2.45, 2.75) is 17.8 Å². The third-order valence-corrected chi connectivity index (χ3v) is 4.71. The van der Waals surface area contributed by atoms with Crippen molar-refractivity contribution in [3.63, 3.8) is 0 Å². The number of carbonyl (C=O) groups is 2. The molecule has 3 N–H and O–H groups in total. The number of aromatic nitrogens is 2. The smallest absolute Gasteiger partial charge is 0.277 e. The topological polar surface area (TPSA) is 104 Å². The molecule has 9 heteroatoms. The van der Waals surface area contributed by atoms with Crippen molar-refractivity contribution in [3.05, 3.63) is 81.9 Å². The van der Waals surface area contributed by atoms with Crippen LogP contribution < -0.4 is 16.2 Å². The second kappa shape index (κ2) is 9.16. The van der Waals surface area contributed by atoms with Crippen LogP contribution >= 0.6 is 11.8 Å². The highest BCUT2D eigenvalue weighted by Gasteiger charge is 2.17. The van der Waals surface area contributed by atoms with Gasteiger partial charge >= 0.3 is 0 Å². The number of hydrogen-bond acceptors (Lipinski definition) is 5. The number of nitrogens with one attached hydrogen (secondary N) is 3. The second-order valence-electron chi connectivity index (χ2n) is 5.98. The lowest BCUT2D eigenvalue weighted by molar-refractivity contribution is -0.114. The van der Waals surface area contributed by atoms with Crippen molar-refractivity contribution in [1.29, 1.82) is 0 Å². The highest BCUT2D eigenvalue weighted by Crippen LogP contribution is 2.24. The fraction of sp³-hybridized carbons (Fsp3) is 0.100. The van der Waals surface area contributed by atoms with Crippen LogP contribution in [0.2, 0.25) is 0 Å². The minimum absolute atomic E-state index is 0.0819. The van der Waals surface area contributed by atoms with Gasteiger partial charge in [0.2, 0.25) is 5.91 Å². The van der Waals surface area contributed by atoms with Crippen molar-refractivity contribution in [2.24, 2.45) is 0 Å². The lowest BCUT2D eigenvalue weighted by Crippen LogP contribution is -2.24. The summed E-state index contributed by atoms with van der Waals surface area (Å²) in [6, 6.07) is 14.6. The maximum Gasteiger partial charge on any atom is 0.277 e. The van der Waals surface area contributed by atoms with E-state index in [0.717, 1.165) is 11.8 Å². The molecule has 0 saturated heterocycles. The minimum atomic E-state index is -0.635. The summed E-state index contributed by atoms with van der Waals surface area (Å²) >= 11 is 1.10. The molecule has 29 heavy (non-hydrogen) atoms. The Morgan fingerprint density at radius 3 is 2.45 bits per heavy atom. The summed E-state index contributed by atoms with van der Waals surface area (Å²) < 4.78 is 13.8. The first kappa shape index (κ1) is 20.3.